The van der Waals surface area contributed by atoms with Crippen molar-refractivity contribution in [3.05, 3.63) is 39.4 Å². The highest BCUT2D eigenvalue weighted by atomic mass is 32.1. The van der Waals surface area contributed by atoms with Crippen molar-refractivity contribution in [2.24, 2.45) is 0 Å². The van der Waals surface area contributed by atoms with E-state index in [1.54, 1.807) is 11.3 Å². The maximum Gasteiger partial charge on any atom is 0.131 e. The zero-order chi connectivity index (χ0) is 15.6. The Morgan fingerprint density at radius 2 is 2.09 bits per heavy atom. The zero-order valence-corrected chi connectivity index (χ0v) is 14.6. The number of fused-ring (bicyclic) bond motifs is 1. The highest BCUT2D eigenvalue weighted by Gasteiger charge is 2.23. The number of thiazole rings is 1. The number of aromatic nitrogens is 3. The van der Waals surface area contributed by atoms with Gasteiger partial charge in [-0.05, 0) is 19.8 Å². The lowest BCUT2D eigenvalue weighted by atomic mass is 9.88. The second-order valence-electron chi connectivity index (χ2n) is 6.85. The number of hydrogen-bond acceptors (Lipinski definition) is 5. The van der Waals surface area contributed by atoms with Gasteiger partial charge in [0.05, 0.1) is 10.7 Å². The summed E-state index contributed by atoms with van der Waals surface area (Å²) in [5.41, 5.74) is 3.78. The van der Waals surface area contributed by atoms with Crippen molar-refractivity contribution in [1.82, 2.24) is 19.9 Å². The zero-order valence-electron chi connectivity index (χ0n) is 13.8. The molecule has 3 heterocycles. The predicted molar refractivity (Wildman–Crippen MR) is 92.5 cm³/mol. The van der Waals surface area contributed by atoms with Crippen LogP contribution >= 0.6 is 11.3 Å². The molecular weight excluding hydrogens is 304 g/mol. The molecule has 0 N–H and O–H groups in total. The first-order valence-corrected chi connectivity index (χ1v) is 9.64. The summed E-state index contributed by atoms with van der Waals surface area (Å²) < 4.78 is 0. The van der Waals surface area contributed by atoms with Crippen LogP contribution in [0, 0.1) is 6.92 Å². The number of nitrogens with zero attached hydrogens (tertiary/aromatic N) is 4. The van der Waals surface area contributed by atoms with Crippen LogP contribution < -0.4 is 0 Å². The van der Waals surface area contributed by atoms with Gasteiger partial charge in [0.15, 0.2) is 0 Å². The monoisotopic (exact) mass is 328 g/mol. The van der Waals surface area contributed by atoms with Crippen LogP contribution in [0.5, 0.6) is 0 Å². The second-order valence-corrected chi connectivity index (χ2v) is 7.92. The fraction of sp³-hybridized carbons (Fsp3) is 0.611. The Labute approximate surface area is 142 Å². The van der Waals surface area contributed by atoms with E-state index in [2.05, 4.69) is 28.4 Å². The van der Waals surface area contributed by atoms with Crippen LogP contribution in [0.2, 0.25) is 0 Å². The minimum absolute atomic E-state index is 0.602. The molecule has 4 nitrogen and oxygen atoms in total. The molecule has 0 unspecified atom stereocenters. The lowest BCUT2D eigenvalue weighted by Gasteiger charge is -2.28. The third kappa shape index (κ3) is 3.45. The summed E-state index contributed by atoms with van der Waals surface area (Å²) in [6.07, 6.45) is 9.73. The minimum Gasteiger partial charge on any atom is -0.293 e. The molecule has 0 bridgehead atoms. The summed E-state index contributed by atoms with van der Waals surface area (Å²) in [6, 6.07) is 0. The highest BCUT2D eigenvalue weighted by molar-refractivity contribution is 7.09. The fourth-order valence-electron chi connectivity index (χ4n) is 3.79. The van der Waals surface area contributed by atoms with Crippen molar-refractivity contribution in [3.8, 4) is 0 Å². The number of aryl methyl sites for hydroxylation is 1. The Kier molecular flexibility index (Phi) is 4.40. The molecule has 1 aliphatic carbocycles. The summed E-state index contributed by atoms with van der Waals surface area (Å²) >= 11 is 1.73. The molecule has 2 aromatic rings. The van der Waals surface area contributed by atoms with Crippen LogP contribution in [-0.4, -0.2) is 26.4 Å². The van der Waals surface area contributed by atoms with E-state index >= 15 is 0 Å². The van der Waals surface area contributed by atoms with Crippen molar-refractivity contribution in [2.75, 3.05) is 6.54 Å². The molecule has 1 fully saturated rings. The van der Waals surface area contributed by atoms with Crippen molar-refractivity contribution >= 4 is 11.3 Å². The number of rotatable bonds is 3. The average molecular weight is 328 g/mol. The first kappa shape index (κ1) is 15.2. The molecule has 0 saturated heterocycles. The smallest absolute Gasteiger partial charge is 0.131 e. The van der Waals surface area contributed by atoms with Gasteiger partial charge in [-0.1, -0.05) is 19.3 Å². The van der Waals surface area contributed by atoms with Crippen LogP contribution in [0.15, 0.2) is 11.6 Å². The molecule has 2 aromatic heterocycles. The van der Waals surface area contributed by atoms with E-state index in [-0.39, 0.29) is 0 Å². The third-order valence-electron chi connectivity index (χ3n) is 5.05. The van der Waals surface area contributed by atoms with Gasteiger partial charge in [0, 0.05) is 54.8 Å². The normalized spacial score (nSPS) is 19.7. The van der Waals surface area contributed by atoms with E-state index in [1.807, 2.05) is 0 Å². The Hall–Kier alpha value is -1.33. The van der Waals surface area contributed by atoms with Gasteiger partial charge in [-0.3, -0.25) is 4.90 Å². The highest BCUT2D eigenvalue weighted by Crippen LogP contribution is 2.31. The molecule has 0 spiro atoms. The molecule has 0 aromatic carbocycles. The molecule has 23 heavy (non-hydrogen) atoms. The van der Waals surface area contributed by atoms with Crippen molar-refractivity contribution in [2.45, 2.75) is 64.5 Å². The predicted octanol–water partition coefficient (Wildman–Crippen LogP) is 3.85. The van der Waals surface area contributed by atoms with E-state index in [1.165, 1.54) is 49.1 Å². The van der Waals surface area contributed by atoms with E-state index in [9.17, 15) is 0 Å². The molecule has 0 radical (unpaired) electrons. The van der Waals surface area contributed by atoms with E-state index in [4.69, 9.17) is 9.97 Å². The third-order valence-corrected chi connectivity index (χ3v) is 5.88. The van der Waals surface area contributed by atoms with Crippen molar-refractivity contribution in [1.29, 1.82) is 0 Å². The van der Waals surface area contributed by atoms with Gasteiger partial charge in [0.25, 0.3) is 0 Å². The first-order valence-electron chi connectivity index (χ1n) is 8.76. The standard InChI is InChI=1S/C18H24N4S/c1-13-20-16(12-23-13)11-22-8-7-17-15(10-22)9-19-18(21-17)14-5-3-2-4-6-14/h9,12,14H,2-8,10-11H2,1H3. The quantitative estimate of drug-likeness (QED) is 0.858. The summed E-state index contributed by atoms with van der Waals surface area (Å²) in [5.74, 6) is 1.71. The minimum atomic E-state index is 0.602. The molecule has 122 valence electrons. The summed E-state index contributed by atoms with van der Waals surface area (Å²) in [6.45, 7) is 5.04. The van der Waals surface area contributed by atoms with Crippen LogP contribution in [0.25, 0.3) is 0 Å². The van der Waals surface area contributed by atoms with Gasteiger partial charge in [-0.15, -0.1) is 11.3 Å². The van der Waals surface area contributed by atoms with Gasteiger partial charge >= 0.3 is 0 Å². The maximum atomic E-state index is 4.93. The summed E-state index contributed by atoms with van der Waals surface area (Å²) in [7, 11) is 0. The van der Waals surface area contributed by atoms with Gasteiger partial charge in [0.2, 0.25) is 0 Å². The summed E-state index contributed by atoms with van der Waals surface area (Å²) in [4.78, 5) is 16.7. The lowest BCUT2D eigenvalue weighted by Crippen LogP contribution is -2.31. The molecule has 1 saturated carbocycles. The largest absolute Gasteiger partial charge is 0.293 e. The Bertz CT molecular complexity index is 675. The number of hydrogen-bond donors (Lipinski definition) is 0. The Morgan fingerprint density at radius 1 is 1.22 bits per heavy atom. The molecule has 4 rings (SSSR count). The van der Waals surface area contributed by atoms with Crippen LogP contribution in [0.1, 0.15) is 65.8 Å². The molecule has 0 atom stereocenters. The van der Waals surface area contributed by atoms with Gasteiger partial charge in [-0.25, -0.2) is 15.0 Å². The molecule has 0 amide bonds. The Morgan fingerprint density at radius 3 is 2.87 bits per heavy atom. The van der Waals surface area contributed by atoms with Gasteiger partial charge in [-0.2, -0.15) is 0 Å². The molecule has 1 aliphatic heterocycles. The van der Waals surface area contributed by atoms with E-state index in [0.717, 1.165) is 36.9 Å². The second kappa shape index (κ2) is 6.65. The SMILES string of the molecule is Cc1nc(CN2CCc3nc(C4CCCCC4)ncc3C2)cs1. The van der Waals surface area contributed by atoms with Gasteiger partial charge in [0.1, 0.15) is 5.82 Å². The summed E-state index contributed by atoms with van der Waals surface area (Å²) in [5, 5.41) is 3.32. The van der Waals surface area contributed by atoms with Crippen molar-refractivity contribution < 1.29 is 0 Å². The first-order chi connectivity index (χ1) is 11.3. The maximum absolute atomic E-state index is 4.93. The van der Waals surface area contributed by atoms with Crippen molar-refractivity contribution in [3.63, 3.8) is 0 Å². The molecular formula is C18H24N4S. The Balaban J connectivity index is 1.45. The molecule has 5 heteroatoms. The van der Waals surface area contributed by atoms with E-state index in [0.29, 0.717) is 5.92 Å². The lowest BCUT2D eigenvalue weighted by molar-refractivity contribution is 0.239. The van der Waals surface area contributed by atoms with E-state index < -0.39 is 0 Å². The van der Waals surface area contributed by atoms with Gasteiger partial charge < -0.3 is 0 Å². The van der Waals surface area contributed by atoms with Crippen LogP contribution in [0.3, 0.4) is 0 Å². The van der Waals surface area contributed by atoms with Crippen LogP contribution in [-0.2, 0) is 19.5 Å². The van der Waals surface area contributed by atoms with Crippen LogP contribution in [0.4, 0.5) is 0 Å². The molecule has 2 aliphatic rings. The topological polar surface area (TPSA) is 41.9 Å². The fourth-order valence-corrected chi connectivity index (χ4v) is 4.40. The average Bonchev–Trinajstić information content (AvgIpc) is 3.00.